The van der Waals surface area contributed by atoms with Gasteiger partial charge in [0.25, 0.3) is 0 Å². The molecule has 0 aliphatic carbocycles. The number of nitriles is 2. The fourth-order valence-corrected chi connectivity index (χ4v) is 1.50. The summed E-state index contributed by atoms with van der Waals surface area (Å²) in [5, 5.41) is 17.6. The molecule has 0 fully saturated rings. The smallest absolute Gasteiger partial charge is 0.176 e. The Bertz CT molecular complexity index is 431. The molecule has 82 valence electrons. The summed E-state index contributed by atoms with van der Waals surface area (Å²) in [6.07, 6.45) is 7.70. The van der Waals surface area contributed by atoms with E-state index in [1.165, 1.54) is 0 Å². The van der Waals surface area contributed by atoms with Crippen LogP contribution in [0.4, 0.5) is 0 Å². The molecular weight excluding hydrogens is 200 g/mol. The van der Waals surface area contributed by atoms with Crippen molar-refractivity contribution in [1.29, 1.82) is 10.5 Å². The fourth-order valence-electron chi connectivity index (χ4n) is 1.50. The largest absolute Gasteiger partial charge is 0.321 e. The number of imidazole rings is 1. The summed E-state index contributed by atoms with van der Waals surface area (Å²) in [6, 6.07) is 3.92. The van der Waals surface area contributed by atoms with Crippen LogP contribution in [-0.2, 0) is 6.54 Å². The minimum atomic E-state index is 0.216. The number of aromatic nitrogens is 2. The third kappa shape index (κ3) is 2.96. The lowest BCUT2D eigenvalue weighted by Crippen LogP contribution is -2.00. The fraction of sp³-hybridized carbons (Fsp3) is 0.417. The third-order valence-electron chi connectivity index (χ3n) is 2.36. The minimum absolute atomic E-state index is 0.216. The average molecular weight is 214 g/mol. The van der Waals surface area contributed by atoms with Gasteiger partial charge in [-0.25, -0.2) is 4.98 Å². The number of hydrogen-bond acceptors (Lipinski definition) is 3. The van der Waals surface area contributed by atoms with Crippen LogP contribution in [0.5, 0.6) is 0 Å². The summed E-state index contributed by atoms with van der Waals surface area (Å²) in [5.41, 5.74) is 0.583. The van der Waals surface area contributed by atoms with Crippen molar-refractivity contribution in [1.82, 2.24) is 9.55 Å². The summed E-state index contributed by atoms with van der Waals surface area (Å²) in [7, 11) is 0. The van der Waals surface area contributed by atoms with Crippen LogP contribution < -0.4 is 0 Å². The SMILES string of the molecule is C=CCCCCCn1cnc(C#N)c1C#N. The monoisotopic (exact) mass is 214 g/mol. The van der Waals surface area contributed by atoms with Gasteiger partial charge in [-0.15, -0.1) is 6.58 Å². The van der Waals surface area contributed by atoms with Crippen molar-refractivity contribution >= 4 is 0 Å². The van der Waals surface area contributed by atoms with Gasteiger partial charge in [-0.1, -0.05) is 12.5 Å². The molecular formula is C12H14N4. The standard InChI is InChI=1S/C12H14N4/c1-2-3-4-5-6-7-16-10-15-11(8-13)12(16)9-14/h2,10H,1,3-7H2. The molecule has 16 heavy (non-hydrogen) atoms. The van der Waals surface area contributed by atoms with Gasteiger partial charge in [-0.2, -0.15) is 10.5 Å². The van der Waals surface area contributed by atoms with Gasteiger partial charge in [-0.3, -0.25) is 0 Å². The highest BCUT2D eigenvalue weighted by molar-refractivity contribution is 5.35. The van der Waals surface area contributed by atoms with E-state index in [4.69, 9.17) is 10.5 Å². The highest BCUT2D eigenvalue weighted by atomic mass is 15.1. The third-order valence-corrected chi connectivity index (χ3v) is 2.36. The Balaban J connectivity index is 2.49. The number of unbranched alkanes of at least 4 members (excludes halogenated alkanes) is 3. The van der Waals surface area contributed by atoms with Crippen molar-refractivity contribution in [3.8, 4) is 12.1 Å². The minimum Gasteiger partial charge on any atom is -0.321 e. The lowest BCUT2D eigenvalue weighted by Gasteiger charge is -2.02. The van der Waals surface area contributed by atoms with E-state index in [1.54, 1.807) is 10.9 Å². The van der Waals surface area contributed by atoms with Crippen LogP contribution >= 0.6 is 0 Å². The number of nitrogens with zero attached hydrogens (tertiary/aromatic N) is 4. The molecule has 0 spiro atoms. The van der Waals surface area contributed by atoms with Crippen LogP contribution in [-0.4, -0.2) is 9.55 Å². The molecule has 0 atom stereocenters. The summed E-state index contributed by atoms with van der Waals surface area (Å²) in [4.78, 5) is 3.88. The van der Waals surface area contributed by atoms with E-state index >= 15 is 0 Å². The Morgan fingerprint density at radius 3 is 2.75 bits per heavy atom. The lowest BCUT2D eigenvalue weighted by atomic mass is 10.2. The predicted octanol–water partition coefficient (Wildman–Crippen LogP) is 2.37. The Hall–Kier alpha value is -2.07. The zero-order valence-corrected chi connectivity index (χ0v) is 9.19. The number of hydrogen-bond donors (Lipinski definition) is 0. The van der Waals surface area contributed by atoms with Crippen LogP contribution in [0.3, 0.4) is 0 Å². The molecule has 0 saturated heterocycles. The van der Waals surface area contributed by atoms with Gasteiger partial charge < -0.3 is 4.57 Å². The molecule has 0 aliphatic rings. The quantitative estimate of drug-likeness (QED) is 0.539. The first-order chi connectivity index (χ1) is 7.83. The highest BCUT2D eigenvalue weighted by Crippen LogP contribution is 2.08. The summed E-state index contributed by atoms with van der Waals surface area (Å²) < 4.78 is 1.74. The van der Waals surface area contributed by atoms with E-state index in [2.05, 4.69) is 11.6 Å². The van der Waals surface area contributed by atoms with Crippen LogP contribution in [0, 0.1) is 22.7 Å². The van der Waals surface area contributed by atoms with Gasteiger partial charge in [0.15, 0.2) is 11.4 Å². The first kappa shape index (κ1) is 12.0. The molecule has 0 bridgehead atoms. The zero-order valence-electron chi connectivity index (χ0n) is 9.19. The van der Waals surface area contributed by atoms with Crippen molar-refractivity contribution in [2.45, 2.75) is 32.2 Å². The molecule has 0 radical (unpaired) electrons. The van der Waals surface area contributed by atoms with Gasteiger partial charge in [-0.05, 0) is 19.3 Å². The van der Waals surface area contributed by atoms with E-state index in [9.17, 15) is 0 Å². The first-order valence-electron chi connectivity index (χ1n) is 5.29. The molecule has 0 N–H and O–H groups in total. The van der Waals surface area contributed by atoms with Crippen molar-refractivity contribution < 1.29 is 0 Å². The molecule has 0 aliphatic heterocycles. The van der Waals surface area contributed by atoms with E-state index in [0.717, 1.165) is 32.2 Å². The maximum Gasteiger partial charge on any atom is 0.176 e. The Labute approximate surface area is 95.5 Å². The van der Waals surface area contributed by atoms with Crippen molar-refractivity contribution in [3.63, 3.8) is 0 Å². The molecule has 0 aromatic carbocycles. The van der Waals surface area contributed by atoms with E-state index in [-0.39, 0.29) is 5.69 Å². The molecule has 4 nitrogen and oxygen atoms in total. The summed E-state index contributed by atoms with van der Waals surface area (Å²) in [5.74, 6) is 0. The van der Waals surface area contributed by atoms with Crippen molar-refractivity contribution in [3.05, 3.63) is 30.4 Å². The van der Waals surface area contributed by atoms with Crippen LogP contribution in [0.15, 0.2) is 19.0 Å². The van der Waals surface area contributed by atoms with Crippen molar-refractivity contribution in [2.24, 2.45) is 0 Å². The zero-order chi connectivity index (χ0) is 11.8. The maximum atomic E-state index is 8.88. The second-order valence-electron chi connectivity index (χ2n) is 3.50. The molecule has 1 aromatic rings. The maximum absolute atomic E-state index is 8.88. The molecule has 1 heterocycles. The Kier molecular flexibility index (Phi) is 4.82. The normalized spacial score (nSPS) is 9.38. The lowest BCUT2D eigenvalue weighted by molar-refractivity contribution is 0.587. The molecule has 4 heteroatoms. The van der Waals surface area contributed by atoms with E-state index in [0.29, 0.717) is 5.69 Å². The van der Waals surface area contributed by atoms with Gasteiger partial charge in [0.05, 0.1) is 6.33 Å². The number of allylic oxidation sites excluding steroid dienone is 1. The van der Waals surface area contributed by atoms with E-state index < -0.39 is 0 Å². The summed E-state index contributed by atoms with van der Waals surface area (Å²) >= 11 is 0. The Morgan fingerprint density at radius 2 is 2.12 bits per heavy atom. The predicted molar refractivity (Wildman–Crippen MR) is 60.3 cm³/mol. The summed E-state index contributed by atoms with van der Waals surface area (Å²) in [6.45, 7) is 4.41. The average Bonchev–Trinajstić information content (AvgIpc) is 2.71. The van der Waals surface area contributed by atoms with Crippen molar-refractivity contribution in [2.75, 3.05) is 0 Å². The van der Waals surface area contributed by atoms with Crippen LogP contribution in [0.25, 0.3) is 0 Å². The van der Waals surface area contributed by atoms with Gasteiger partial charge >= 0.3 is 0 Å². The van der Waals surface area contributed by atoms with E-state index in [1.807, 2.05) is 18.2 Å². The highest BCUT2D eigenvalue weighted by Gasteiger charge is 2.08. The number of rotatable bonds is 6. The van der Waals surface area contributed by atoms with Crippen LogP contribution in [0.1, 0.15) is 37.1 Å². The Morgan fingerprint density at radius 1 is 1.31 bits per heavy atom. The van der Waals surface area contributed by atoms with Gasteiger partial charge in [0, 0.05) is 6.54 Å². The second-order valence-corrected chi connectivity index (χ2v) is 3.50. The molecule has 1 rings (SSSR count). The first-order valence-corrected chi connectivity index (χ1v) is 5.29. The molecule has 0 unspecified atom stereocenters. The number of aryl methyl sites for hydroxylation is 1. The van der Waals surface area contributed by atoms with Gasteiger partial charge in [0.2, 0.25) is 0 Å². The van der Waals surface area contributed by atoms with Gasteiger partial charge in [0.1, 0.15) is 12.1 Å². The molecule has 0 saturated carbocycles. The molecule has 1 aromatic heterocycles. The second kappa shape index (κ2) is 6.42. The topological polar surface area (TPSA) is 65.4 Å². The van der Waals surface area contributed by atoms with Crippen LogP contribution in [0.2, 0.25) is 0 Å². The molecule has 0 amide bonds.